The summed E-state index contributed by atoms with van der Waals surface area (Å²) in [7, 11) is 0. The first kappa shape index (κ1) is 9.50. The molecule has 0 radical (unpaired) electrons. The van der Waals surface area contributed by atoms with Crippen molar-refractivity contribution in [2.45, 2.75) is 45.2 Å². The second-order valence-electron chi connectivity index (χ2n) is 3.75. The minimum absolute atomic E-state index is 0.552. The van der Waals surface area contributed by atoms with Gasteiger partial charge in [0.05, 0.1) is 0 Å². The van der Waals surface area contributed by atoms with Crippen molar-refractivity contribution in [1.29, 1.82) is 0 Å². The first-order chi connectivity index (χ1) is 5.64. The van der Waals surface area contributed by atoms with E-state index in [1.165, 1.54) is 5.57 Å². The van der Waals surface area contributed by atoms with Crippen molar-refractivity contribution in [3.8, 4) is 0 Å². The van der Waals surface area contributed by atoms with Gasteiger partial charge in [-0.05, 0) is 26.2 Å². The molecular formula is C11H17F. The van der Waals surface area contributed by atoms with E-state index in [1.807, 2.05) is 12.2 Å². The van der Waals surface area contributed by atoms with E-state index >= 15 is 0 Å². The van der Waals surface area contributed by atoms with Crippen LogP contribution < -0.4 is 0 Å². The molecule has 1 aliphatic rings. The van der Waals surface area contributed by atoms with Crippen LogP contribution in [-0.2, 0) is 0 Å². The number of allylic oxidation sites excluding steroid dienone is 4. The lowest BCUT2D eigenvalue weighted by atomic mass is 10.0. The van der Waals surface area contributed by atoms with Crippen molar-refractivity contribution in [3.63, 3.8) is 0 Å². The summed E-state index contributed by atoms with van der Waals surface area (Å²) in [6, 6.07) is 0. The van der Waals surface area contributed by atoms with Crippen molar-refractivity contribution in [2.24, 2.45) is 0 Å². The Balaban J connectivity index is 2.61. The summed E-state index contributed by atoms with van der Waals surface area (Å²) >= 11 is 0. The lowest BCUT2D eigenvalue weighted by Crippen LogP contribution is -2.14. The van der Waals surface area contributed by atoms with Crippen LogP contribution in [0, 0.1) is 0 Å². The maximum absolute atomic E-state index is 13.4. The van der Waals surface area contributed by atoms with E-state index in [0.717, 1.165) is 12.8 Å². The lowest BCUT2D eigenvalue weighted by Gasteiger charge is -2.14. The molecule has 0 aromatic rings. The van der Waals surface area contributed by atoms with E-state index in [0.29, 0.717) is 12.8 Å². The fourth-order valence-corrected chi connectivity index (χ4v) is 1.43. The van der Waals surface area contributed by atoms with Gasteiger partial charge in [-0.3, -0.25) is 0 Å². The minimum atomic E-state index is -1.02. The summed E-state index contributed by atoms with van der Waals surface area (Å²) in [5, 5.41) is 0. The van der Waals surface area contributed by atoms with Crippen LogP contribution in [-0.4, -0.2) is 5.67 Å². The van der Waals surface area contributed by atoms with Gasteiger partial charge in [-0.2, -0.15) is 0 Å². The average molecular weight is 168 g/mol. The second-order valence-corrected chi connectivity index (χ2v) is 3.75. The van der Waals surface area contributed by atoms with Crippen LogP contribution in [0.5, 0.6) is 0 Å². The highest BCUT2D eigenvalue weighted by Gasteiger charge is 2.21. The van der Waals surface area contributed by atoms with Gasteiger partial charge in [0.15, 0.2) is 0 Å². The van der Waals surface area contributed by atoms with Crippen LogP contribution in [0.4, 0.5) is 4.39 Å². The molecule has 0 N–H and O–H groups in total. The van der Waals surface area contributed by atoms with Gasteiger partial charge in [0.25, 0.3) is 0 Å². The average Bonchev–Trinajstić information content (AvgIpc) is 2.14. The quantitative estimate of drug-likeness (QED) is 0.588. The van der Waals surface area contributed by atoms with Gasteiger partial charge in [-0.25, -0.2) is 4.39 Å². The molecule has 1 rings (SSSR count). The smallest absolute Gasteiger partial charge is 0.115 e. The zero-order valence-electron chi connectivity index (χ0n) is 7.94. The van der Waals surface area contributed by atoms with Crippen molar-refractivity contribution in [3.05, 3.63) is 23.8 Å². The topological polar surface area (TPSA) is 0 Å². The predicted molar refractivity (Wildman–Crippen MR) is 50.9 cm³/mol. The number of hydrogen-bond donors (Lipinski definition) is 0. The maximum atomic E-state index is 13.4. The molecule has 1 heteroatoms. The second kappa shape index (κ2) is 3.88. The summed E-state index contributed by atoms with van der Waals surface area (Å²) in [6.07, 6.45) is 9.38. The molecule has 12 heavy (non-hydrogen) atoms. The summed E-state index contributed by atoms with van der Waals surface area (Å²) < 4.78 is 13.4. The third-order valence-corrected chi connectivity index (χ3v) is 2.20. The Kier molecular flexibility index (Phi) is 3.07. The fourth-order valence-electron chi connectivity index (χ4n) is 1.43. The largest absolute Gasteiger partial charge is 0.244 e. The highest BCUT2D eigenvalue weighted by molar-refractivity contribution is 5.22. The number of hydrogen-bond acceptors (Lipinski definition) is 0. The van der Waals surface area contributed by atoms with Gasteiger partial charge in [0.2, 0.25) is 0 Å². The molecule has 0 nitrogen and oxygen atoms in total. The molecule has 0 spiro atoms. The van der Waals surface area contributed by atoms with Gasteiger partial charge in [0, 0.05) is 0 Å². The molecule has 1 aliphatic carbocycles. The number of rotatable bonds is 2. The predicted octanol–water partition coefficient (Wildman–Crippen LogP) is 3.79. The van der Waals surface area contributed by atoms with Crippen LogP contribution in [0.25, 0.3) is 0 Å². The highest BCUT2D eigenvalue weighted by atomic mass is 19.1. The van der Waals surface area contributed by atoms with Crippen molar-refractivity contribution >= 4 is 0 Å². The first-order valence-corrected chi connectivity index (χ1v) is 4.68. The monoisotopic (exact) mass is 168 g/mol. The molecular weight excluding hydrogens is 151 g/mol. The van der Waals surface area contributed by atoms with E-state index in [4.69, 9.17) is 0 Å². The Bertz CT molecular complexity index is 199. The Morgan fingerprint density at radius 1 is 1.50 bits per heavy atom. The molecule has 0 saturated carbocycles. The Morgan fingerprint density at radius 3 is 2.92 bits per heavy atom. The molecule has 1 unspecified atom stereocenters. The van der Waals surface area contributed by atoms with E-state index < -0.39 is 5.67 Å². The molecule has 0 aliphatic heterocycles. The van der Waals surface area contributed by atoms with Crippen LogP contribution in [0.1, 0.15) is 39.5 Å². The van der Waals surface area contributed by atoms with Crippen molar-refractivity contribution in [2.75, 3.05) is 0 Å². The SMILES string of the molecule is CCCC1=CCC(C)(F)CC=C1. The summed E-state index contributed by atoms with van der Waals surface area (Å²) in [5.41, 5.74) is 0.269. The van der Waals surface area contributed by atoms with Gasteiger partial charge in [0.1, 0.15) is 5.67 Å². The van der Waals surface area contributed by atoms with E-state index in [9.17, 15) is 4.39 Å². The molecule has 0 heterocycles. The molecule has 0 saturated heterocycles. The molecule has 1 atom stereocenters. The molecule has 0 aromatic carbocycles. The van der Waals surface area contributed by atoms with Crippen LogP contribution in [0.3, 0.4) is 0 Å². The molecule has 0 aromatic heterocycles. The Hall–Kier alpha value is -0.590. The molecule has 0 fully saturated rings. The van der Waals surface area contributed by atoms with Gasteiger partial charge in [-0.15, -0.1) is 0 Å². The lowest BCUT2D eigenvalue weighted by molar-refractivity contribution is 0.198. The minimum Gasteiger partial charge on any atom is -0.244 e. The first-order valence-electron chi connectivity index (χ1n) is 4.68. The van der Waals surface area contributed by atoms with Gasteiger partial charge in [-0.1, -0.05) is 37.1 Å². The summed E-state index contributed by atoms with van der Waals surface area (Å²) in [5.74, 6) is 0. The van der Waals surface area contributed by atoms with Crippen molar-refractivity contribution in [1.82, 2.24) is 0 Å². The highest BCUT2D eigenvalue weighted by Crippen LogP contribution is 2.26. The molecule has 68 valence electrons. The zero-order valence-corrected chi connectivity index (χ0v) is 7.94. The fraction of sp³-hybridized carbons (Fsp3) is 0.636. The van der Waals surface area contributed by atoms with Gasteiger partial charge < -0.3 is 0 Å². The maximum Gasteiger partial charge on any atom is 0.115 e. The van der Waals surface area contributed by atoms with E-state index in [1.54, 1.807) is 6.92 Å². The Labute approximate surface area is 74.2 Å². The summed E-state index contributed by atoms with van der Waals surface area (Å²) in [6.45, 7) is 3.82. The normalized spacial score (nSPS) is 29.8. The third kappa shape index (κ3) is 2.80. The van der Waals surface area contributed by atoms with E-state index in [2.05, 4.69) is 13.0 Å². The molecule has 0 bridgehead atoms. The number of alkyl halides is 1. The molecule has 0 amide bonds. The van der Waals surface area contributed by atoms with Crippen LogP contribution in [0.2, 0.25) is 0 Å². The van der Waals surface area contributed by atoms with E-state index in [-0.39, 0.29) is 0 Å². The van der Waals surface area contributed by atoms with Gasteiger partial charge >= 0.3 is 0 Å². The zero-order chi connectivity index (χ0) is 9.03. The van der Waals surface area contributed by atoms with Crippen LogP contribution >= 0.6 is 0 Å². The number of halogens is 1. The standard InChI is InChI=1S/C11H17F/c1-3-5-10-6-4-8-11(2,12)9-7-10/h4,6-7H,3,5,8-9H2,1-2H3. The van der Waals surface area contributed by atoms with Crippen LogP contribution in [0.15, 0.2) is 23.8 Å². The third-order valence-electron chi connectivity index (χ3n) is 2.20. The summed E-state index contributed by atoms with van der Waals surface area (Å²) in [4.78, 5) is 0. The Morgan fingerprint density at radius 2 is 2.25 bits per heavy atom. The van der Waals surface area contributed by atoms with Crippen molar-refractivity contribution < 1.29 is 4.39 Å².